The molecule has 3 atom stereocenters. The van der Waals surface area contributed by atoms with Crippen LogP contribution in [-0.2, 0) is 21.4 Å². The Morgan fingerprint density at radius 1 is 1.15 bits per heavy atom. The number of piperidine rings is 2. The molecule has 1 aromatic carbocycles. The quantitative estimate of drug-likeness (QED) is 0.149. The fraction of sp³-hybridized carbons (Fsp3) is 0.405. The number of fused-ring (bicyclic) bond motifs is 2. The van der Waals surface area contributed by atoms with Crippen molar-refractivity contribution in [1.82, 2.24) is 39.9 Å². The molecule has 18 heteroatoms. The smallest absolute Gasteiger partial charge is 0.294 e. The van der Waals surface area contributed by atoms with Crippen LogP contribution < -0.4 is 36.5 Å². The SMILES string of the molecule is CNC(=O)COc1cc2cc(Nc3nc(N4CCC(Nc5ccc6c(C7CCC(=O)NC7=O)nn(C)c6c5F)C(C)C4)ncc3Cl)cnc2n(C(C)C)c1=O. The number of benzene rings is 1. The molecule has 0 bridgehead atoms. The van der Waals surface area contributed by atoms with Gasteiger partial charge in [-0.05, 0) is 56.9 Å². The third-order valence-electron chi connectivity index (χ3n) is 10.1. The molecule has 3 amide bonds. The topological polar surface area (TPSA) is 190 Å². The Kier molecular flexibility index (Phi) is 10.3. The van der Waals surface area contributed by atoms with Gasteiger partial charge >= 0.3 is 0 Å². The summed E-state index contributed by atoms with van der Waals surface area (Å²) in [5.74, 6) is -1.27. The van der Waals surface area contributed by atoms with E-state index in [0.29, 0.717) is 71.2 Å². The second-order valence-corrected chi connectivity index (χ2v) is 14.6. The predicted octanol–water partition coefficient (Wildman–Crippen LogP) is 4.16. The highest BCUT2D eigenvalue weighted by molar-refractivity contribution is 6.33. The molecule has 2 aliphatic heterocycles. The maximum absolute atomic E-state index is 16.0. The van der Waals surface area contributed by atoms with E-state index in [-0.39, 0.29) is 59.1 Å². The Morgan fingerprint density at radius 2 is 1.95 bits per heavy atom. The Balaban J connectivity index is 1.06. The van der Waals surface area contributed by atoms with E-state index in [1.165, 1.54) is 22.5 Å². The first-order valence-electron chi connectivity index (χ1n) is 18.0. The van der Waals surface area contributed by atoms with E-state index in [1.807, 2.05) is 18.7 Å². The van der Waals surface area contributed by atoms with Gasteiger partial charge in [0.05, 0.1) is 35.4 Å². The minimum absolute atomic E-state index is 0.0253. The van der Waals surface area contributed by atoms with E-state index in [4.69, 9.17) is 21.3 Å². The molecule has 0 aliphatic carbocycles. The number of anilines is 4. The minimum Gasteiger partial charge on any atom is -0.478 e. The summed E-state index contributed by atoms with van der Waals surface area (Å²) in [7, 11) is 3.13. The van der Waals surface area contributed by atoms with Gasteiger partial charge in [-0.2, -0.15) is 10.1 Å². The van der Waals surface area contributed by atoms with Crippen molar-refractivity contribution in [2.75, 3.05) is 42.3 Å². The first kappa shape index (κ1) is 37.5. The summed E-state index contributed by atoms with van der Waals surface area (Å²) in [5, 5.41) is 17.4. The van der Waals surface area contributed by atoms with Crippen molar-refractivity contribution in [1.29, 1.82) is 0 Å². The number of pyridine rings is 2. The van der Waals surface area contributed by atoms with Crippen LogP contribution >= 0.6 is 11.6 Å². The zero-order chi connectivity index (χ0) is 39.1. The van der Waals surface area contributed by atoms with Gasteiger partial charge in [-0.3, -0.25) is 33.7 Å². The minimum atomic E-state index is -0.625. The second kappa shape index (κ2) is 15.1. The molecule has 5 aromatic rings. The average molecular weight is 774 g/mol. The molecule has 4 N–H and O–H groups in total. The highest BCUT2D eigenvalue weighted by atomic mass is 35.5. The van der Waals surface area contributed by atoms with E-state index in [0.717, 1.165) is 0 Å². The van der Waals surface area contributed by atoms with Gasteiger partial charge in [-0.1, -0.05) is 18.5 Å². The average Bonchev–Trinajstić information content (AvgIpc) is 3.49. The van der Waals surface area contributed by atoms with Crippen molar-refractivity contribution in [3.8, 4) is 5.75 Å². The summed E-state index contributed by atoms with van der Waals surface area (Å²) in [5.41, 5.74) is 1.70. The lowest BCUT2D eigenvalue weighted by molar-refractivity contribution is -0.134. The predicted molar refractivity (Wildman–Crippen MR) is 205 cm³/mol. The highest BCUT2D eigenvalue weighted by Gasteiger charge is 2.33. The van der Waals surface area contributed by atoms with E-state index in [9.17, 15) is 19.2 Å². The Labute approximate surface area is 319 Å². The molecule has 2 aliphatic rings. The number of nitrogens with zero attached hydrogens (tertiary/aromatic N) is 7. The maximum Gasteiger partial charge on any atom is 0.294 e. The number of hydrogen-bond donors (Lipinski definition) is 4. The molecule has 2 saturated heterocycles. The molecule has 7 rings (SSSR count). The fourth-order valence-corrected chi connectivity index (χ4v) is 7.36. The number of likely N-dealkylation sites (N-methyl/N-ethyl adjacent to an activating group) is 1. The van der Waals surface area contributed by atoms with Crippen LogP contribution in [-0.4, -0.2) is 79.8 Å². The molecule has 2 fully saturated rings. The Morgan fingerprint density at radius 3 is 2.67 bits per heavy atom. The molecule has 3 unspecified atom stereocenters. The van der Waals surface area contributed by atoms with Crippen molar-refractivity contribution in [2.24, 2.45) is 13.0 Å². The van der Waals surface area contributed by atoms with Crippen LogP contribution in [0.1, 0.15) is 57.7 Å². The van der Waals surface area contributed by atoms with Gasteiger partial charge in [0.25, 0.3) is 11.5 Å². The molecule has 0 radical (unpaired) electrons. The zero-order valence-corrected chi connectivity index (χ0v) is 31.7. The summed E-state index contributed by atoms with van der Waals surface area (Å²) >= 11 is 6.55. The van der Waals surface area contributed by atoms with Crippen LogP contribution in [0.4, 0.5) is 27.5 Å². The lowest BCUT2D eigenvalue weighted by Crippen LogP contribution is -2.46. The van der Waals surface area contributed by atoms with Crippen molar-refractivity contribution >= 4 is 74.4 Å². The van der Waals surface area contributed by atoms with Gasteiger partial charge in [0.15, 0.2) is 24.0 Å². The highest BCUT2D eigenvalue weighted by Crippen LogP contribution is 2.35. The van der Waals surface area contributed by atoms with Crippen LogP contribution in [0.3, 0.4) is 0 Å². The number of aryl methyl sites for hydroxylation is 1. The monoisotopic (exact) mass is 773 g/mol. The summed E-state index contributed by atoms with van der Waals surface area (Å²) in [4.78, 5) is 65.1. The lowest BCUT2D eigenvalue weighted by atomic mass is 9.92. The van der Waals surface area contributed by atoms with E-state index >= 15 is 4.39 Å². The number of halogens is 2. The molecule has 55 heavy (non-hydrogen) atoms. The van der Waals surface area contributed by atoms with E-state index in [1.54, 1.807) is 37.5 Å². The molecule has 6 heterocycles. The van der Waals surface area contributed by atoms with Gasteiger partial charge in [-0.25, -0.2) is 14.4 Å². The van der Waals surface area contributed by atoms with Crippen LogP contribution in [0, 0.1) is 11.7 Å². The standard InChI is InChI=1S/C37H41ClFN11O5/c1-18(2)50-34-20(13-27(36(50)54)55-17-29(52)40-4)12-21(14-41-34)43-33-24(38)15-42-37(46-33)49-11-10-25(19(3)16-49)44-26-8-6-22-31(47-48(5)32(22)30(26)39)23-7-9-28(51)45-35(23)53/h6,8,12-15,18-19,23,25,44H,7,9-11,16-17H2,1-5H3,(H,40,52)(H,42,43,46)(H,45,51,53). The number of amides is 3. The van der Waals surface area contributed by atoms with E-state index in [2.05, 4.69) is 43.3 Å². The number of ether oxygens (including phenoxy) is 1. The van der Waals surface area contributed by atoms with Crippen molar-refractivity contribution in [3.05, 3.63) is 63.5 Å². The molecule has 0 saturated carbocycles. The zero-order valence-electron chi connectivity index (χ0n) is 30.9. The molecular formula is C37H41ClFN11O5. The molecule has 4 aromatic heterocycles. The maximum atomic E-state index is 16.0. The lowest BCUT2D eigenvalue weighted by Gasteiger charge is -2.38. The first-order valence-corrected chi connectivity index (χ1v) is 18.4. The first-order chi connectivity index (χ1) is 26.3. The number of carbonyl (C=O) groups excluding carboxylic acids is 3. The van der Waals surface area contributed by atoms with Crippen molar-refractivity contribution in [2.45, 2.75) is 58.0 Å². The number of aromatic nitrogens is 6. The number of hydrogen-bond acceptors (Lipinski definition) is 12. The van der Waals surface area contributed by atoms with Crippen LogP contribution in [0.15, 0.2) is 41.5 Å². The van der Waals surface area contributed by atoms with Gasteiger partial charge < -0.3 is 25.6 Å². The molecule has 16 nitrogen and oxygen atoms in total. The van der Waals surface area contributed by atoms with Crippen molar-refractivity contribution in [3.63, 3.8) is 0 Å². The van der Waals surface area contributed by atoms with Crippen LogP contribution in [0.2, 0.25) is 5.02 Å². The van der Waals surface area contributed by atoms with Gasteiger partial charge in [-0.15, -0.1) is 0 Å². The number of carbonyl (C=O) groups is 3. The Bertz CT molecular complexity index is 2400. The Hall–Kier alpha value is -5.84. The van der Waals surface area contributed by atoms with Crippen LogP contribution in [0.25, 0.3) is 21.9 Å². The summed E-state index contributed by atoms with van der Waals surface area (Å²) < 4.78 is 24.6. The van der Waals surface area contributed by atoms with Gasteiger partial charge in [0.2, 0.25) is 17.8 Å². The summed E-state index contributed by atoms with van der Waals surface area (Å²) in [6.45, 7) is 6.66. The normalized spacial score (nSPS) is 18.8. The van der Waals surface area contributed by atoms with Crippen molar-refractivity contribution < 1.29 is 23.5 Å². The summed E-state index contributed by atoms with van der Waals surface area (Å²) in [6, 6.07) is 6.52. The van der Waals surface area contributed by atoms with Gasteiger partial charge in [0.1, 0.15) is 16.2 Å². The summed E-state index contributed by atoms with van der Waals surface area (Å²) in [6.07, 6.45) is 4.31. The van der Waals surface area contributed by atoms with Gasteiger partial charge in [0, 0.05) is 56.5 Å². The third kappa shape index (κ3) is 7.35. The number of rotatable bonds is 10. The number of nitrogens with one attached hydrogen (secondary N) is 4. The molecular weight excluding hydrogens is 733 g/mol. The fourth-order valence-electron chi connectivity index (χ4n) is 7.22. The molecule has 0 spiro atoms. The largest absolute Gasteiger partial charge is 0.478 e. The van der Waals surface area contributed by atoms with Crippen LogP contribution in [0.5, 0.6) is 5.75 Å². The van der Waals surface area contributed by atoms with E-state index < -0.39 is 23.2 Å². The second-order valence-electron chi connectivity index (χ2n) is 14.2. The molecule has 288 valence electrons. The number of imide groups is 1. The third-order valence-corrected chi connectivity index (χ3v) is 10.3.